The summed E-state index contributed by atoms with van der Waals surface area (Å²) in [6, 6.07) is 17.6. The molecular formula is C19H13N. The zero-order chi connectivity index (χ0) is 13.1. The molecule has 2 aliphatic rings. The van der Waals surface area contributed by atoms with Crippen LogP contribution in [0.3, 0.4) is 0 Å². The number of pyridine rings is 1. The molecule has 94 valence electrons. The first-order valence-corrected chi connectivity index (χ1v) is 7.09. The normalized spacial score (nSPS) is 13.6. The predicted octanol–water partition coefficient (Wildman–Crippen LogP) is 4.22. The summed E-state index contributed by atoms with van der Waals surface area (Å²) in [7, 11) is 0. The van der Waals surface area contributed by atoms with Crippen LogP contribution >= 0.6 is 0 Å². The van der Waals surface area contributed by atoms with Gasteiger partial charge in [0, 0.05) is 18.2 Å². The molecule has 2 aliphatic carbocycles. The Morgan fingerprint density at radius 1 is 0.700 bits per heavy atom. The van der Waals surface area contributed by atoms with E-state index in [2.05, 4.69) is 47.4 Å². The molecule has 1 nitrogen and oxygen atoms in total. The molecule has 0 radical (unpaired) electrons. The van der Waals surface area contributed by atoms with E-state index in [1.165, 1.54) is 44.6 Å². The van der Waals surface area contributed by atoms with Crippen molar-refractivity contribution in [2.75, 3.05) is 0 Å². The van der Waals surface area contributed by atoms with E-state index in [1.54, 1.807) is 0 Å². The number of hydrogen-bond acceptors (Lipinski definition) is 1. The van der Waals surface area contributed by atoms with Crippen molar-refractivity contribution in [1.82, 2.24) is 4.98 Å². The molecule has 0 unspecified atom stereocenters. The zero-order valence-corrected chi connectivity index (χ0v) is 11.1. The van der Waals surface area contributed by atoms with Gasteiger partial charge in [-0.3, -0.25) is 4.98 Å². The smallest absolute Gasteiger partial charge is 0.0740 e. The van der Waals surface area contributed by atoms with Crippen LogP contribution in [0.4, 0.5) is 0 Å². The molecule has 1 heterocycles. The van der Waals surface area contributed by atoms with E-state index in [9.17, 15) is 0 Å². The lowest BCUT2D eigenvalue weighted by Crippen LogP contribution is -1.88. The van der Waals surface area contributed by atoms with Crippen LogP contribution in [-0.4, -0.2) is 4.98 Å². The molecule has 2 aromatic carbocycles. The number of hydrogen-bond donors (Lipinski definition) is 0. The Labute approximate surface area is 117 Å². The van der Waals surface area contributed by atoms with E-state index in [0.717, 1.165) is 12.8 Å². The Bertz CT molecular complexity index is 861. The van der Waals surface area contributed by atoms with Crippen LogP contribution in [0.5, 0.6) is 0 Å². The van der Waals surface area contributed by atoms with E-state index in [4.69, 9.17) is 0 Å². The molecule has 0 saturated heterocycles. The van der Waals surface area contributed by atoms with E-state index in [0.29, 0.717) is 0 Å². The highest BCUT2D eigenvalue weighted by Gasteiger charge is 2.28. The predicted molar refractivity (Wildman–Crippen MR) is 80.7 cm³/mol. The topological polar surface area (TPSA) is 12.9 Å². The van der Waals surface area contributed by atoms with Gasteiger partial charge in [-0.25, -0.2) is 0 Å². The molecule has 1 heteroatoms. The molecule has 0 bridgehead atoms. The SMILES string of the molecule is c1ccc2c(c1)Cc1ccc3c(c1-2)Cc1cccnc1-3. The number of nitrogens with zero attached hydrogens (tertiary/aromatic N) is 1. The van der Waals surface area contributed by atoms with Crippen LogP contribution in [0.2, 0.25) is 0 Å². The van der Waals surface area contributed by atoms with Crippen LogP contribution in [0.1, 0.15) is 22.3 Å². The summed E-state index contributed by atoms with van der Waals surface area (Å²) >= 11 is 0. The van der Waals surface area contributed by atoms with Gasteiger partial charge in [0.1, 0.15) is 0 Å². The van der Waals surface area contributed by atoms with Crippen molar-refractivity contribution in [2.45, 2.75) is 12.8 Å². The van der Waals surface area contributed by atoms with Crippen molar-refractivity contribution >= 4 is 0 Å². The van der Waals surface area contributed by atoms with Gasteiger partial charge in [0.25, 0.3) is 0 Å². The summed E-state index contributed by atoms with van der Waals surface area (Å²) in [6.45, 7) is 0. The standard InChI is InChI=1S/C19H13N/c1-2-6-15-12(4-1)10-13-7-8-16-17(18(13)15)11-14-5-3-9-20-19(14)16/h1-9H,10-11H2. The highest BCUT2D eigenvalue weighted by Crippen LogP contribution is 2.46. The van der Waals surface area contributed by atoms with Gasteiger partial charge in [-0.2, -0.15) is 0 Å². The van der Waals surface area contributed by atoms with Gasteiger partial charge in [0.05, 0.1) is 5.69 Å². The first kappa shape index (κ1) is 10.4. The van der Waals surface area contributed by atoms with Crippen molar-refractivity contribution in [1.29, 1.82) is 0 Å². The Balaban J connectivity index is 1.84. The van der Waals surface area contributed by atoms with Crippen molar-refractivity contribution < 1.29 is 0 Å². The van der Waals surface area contributed by atoms with Gasteiger partial charge < -0.3 is 0 Å². The molecule has 0 fully saturated rings. The van der Waals surface area contributed by atoms with E-state index in [-0.39, 0.29) is 0 Å². The monoisotopic (exact) mass is 255 g/mol. The summed E-state index contributed by atoms with van der Waals surface area (Å²) < 4.78 is 0. The van der Waals surface area contributed by atoms with E-state index >= 15 is 0 Å². The quantitative estimate of drug-likeness (QED) is 0.403. The minimum atomic E-state index is 1.02. The summed E-state index contributed by atoms with van der Waals surface area (Å²) in [5.74, 6) is 0. The molecule has 0 N–H and O–H groups in total. The van der Waals surface area contributed by atoms with Crippen LogP contribution in [0.15, 0.2) is 54.7 Å². The molecule has 0 atom stereocenters. The van der Waals surface area contributed by atoms with Crippen LogP contribution in [0, 0.1) is 0 Å². The van der Waals surface area contributed by atoms with Crippen LogP contribution < -0.4 is 0 Å². The third kappa shape index (κ3) is 1.20. The van der Waals surface area contributed by atoms with E-state index in [1.807, 2.05) is 12.3 Å². The molecular weight excluding hydrogens is 242 g/mol. The average Bonchev–Trinajstić information content (AvgIpc) is 3.04. The Morgan fingerprint density at radius 2 is 1.60 bits per heavy atom. The van der Waals surface area contributed by atoms with Gasteiger partial charge in [-0.15, -0.1) is 0 Å². The second-order valence-corrected chi connectivity index (χ2v) is 5.65. The molecule has 0 aliphatic heterocycles. The summed E-state index contributed by atoms with van der Waals surface area (Å²) in [5, 5.41) is 0. The first-order valence-electron chi connectivity index (χ1n) is 7.09. The van der Waals surface area contributed by atoms with E-state index < -0.39 is 0 Å². The Hall–Kier alpha value is -2.41. The lowest BCUT2D eigenvalue weighted by molar-refractivity contribution is 1.22. The summed E-state index contributed by atoms with van der Waals surface area (Å²) in [5.41, 5.74) is 11.2. The fourth-order valence-corrected chi connectivity index (χ4v) is 3.72. The average molecular weight is 255 g/mol. The maximum Gasteiger partial charge on any atom is 0.0740 e. The second-order valence-electron chi connectivity index (χ2n) is 5.65. The van der Waals surface area contributed by atoms with Gasteiger partial charge in [-0.05, 0) is 45.9 Å². The fraction of sp³-hybridized carbons (Fsp3) is 0.105. The highest BCUT2D eigenvalue weighted by molar-refractivity contribution is 5.88. The molecule has 1 aromatic heterocycles. The second kappa shape index (κ2) is 3.57. The maximum atomic E-state index is 4.58. The molecule has 0 spiro atoms. The number of benzene rings is 2. The van der Waals surface area contributed by atoms with Crippen molar-refractivity contribution in [2.24, 2.45) is 0 Å². The highest BCUT2D eigenvalue weighted by atomic mass is 14.7. The molecule has 20 heavy (non-hydrogen) atoms. The lowest BCUT2D eigenvalue weighted by atomic mass is 9.96. The Kier molecular flexibility index (Phi) is 1.86. The number of rotatable bonds is 0. The van der Waals surface area contributed by atoms with Crippen LogP contribution in [-0.2, 0) is 12.8 Å². The lowest BCUT2D eigenvalue weighted by Gasteiger charge is -2.08. The third-order valence-corrected chi connectivity index (χ3v) is 4.58. The van der Waals surface area contributed by atoms with Gasteiger partial charge in [0.15, 0.2) is 0 Å². The number of aromatic nitrogens is 1. The largest absolute Gasteiger partial charge is 0.256 e. The first-order chi connectivity index (χ1) is 9.92. The molecule has 5 rings (SSSR count). The third-order valence-electron chi connectivity index (χ3n) is 4.58. The molecule has 0 amide bonds. The van der Waals surface area contributed by atoms with Gasteiger partial charge in [-0.1, -0.05) is 42.5 Å². The maximum absolute atomic E-state index is 4.58. The Morgan fingerprint density at radius 3 is 2.60 bits per heavy atom. The minimum absolute atomic E-state index is 1.02. The molecule has 0 saturated carbocycles. The zero-order valence-electron chi connectivity index (χ0n) is 11.1. The summed E-state index contributed by atoms with van der Waals surface area (Å²) in [4.78, 5) is 4.58. The minimum Gasteiger partial charge on any atom is -0.256 e. The van der Waals surface area contributed by atoms with Gasteiger partial charge >= 0.3 is 0 Å². The van der Waals surface area contributed by atoms with Crippen molar-refractivity contribution in [3.8, 4) is 22.4 Å². The van der Waals surface area contributed by atoms with Crippen molar-refractivity contribution in [3.63, 3.8) is 0 Å². The number of fused-ring (bicyclic) bond motifs is 7. The fourth-order valence-electron chi connectivity index (χ4n) is 3.72. The van der Waals surface area contributed by atoms with Gasteiger partial charge in [0.2, 0.25) is 0 Å². The van der Waals surface area contributed by atoms with Crippen molar-refractivity contribution in [3.05, 3.63) is 77.0 Å². The molecule has 3 aromatic rings. The van der Waals surface area contributed by atoms with Crippen LogP contribution in [0.25, 0.3) is 22.4 Å². The summed E-state index contributed by atoms with van der Waals surface area (Å²) in [6.07, 6.45) is 3.99.